The minimum atomic E-state index is -1.35. The molecular weight excluding hydrogens is 446 g/mol. The fourth-order valence-corrected chi connectivity index (χ4v) is 3.71. The number of carboxylic acids is 1. The van der Waals surface area contributed by atoms with Gasteiger partial charge in [-0.25, -0.2) is 4.79 Å². The number of likely N-dealkylation sites (tertiary alicyclic amines) is 1. The van der Waals surface area contributed by atoms with Crippen LogP contribution >= 0.6 is 0 Å². The Morgan fingerprint density at radius 2 is 1.76 bits per heavy atom. The van der Waals surface area contributed by atoms with Crippen LogP contribution < -0.4 is 22.1 Å². The molecule has 1 heterocycles. The smallest absolute Gasteiger partial charge is 0.326 e. The van der Waals surface area contributed by atoms with E-state index in [1.54, 1.807) is 30.3 Å². The summed E-state index contributed by atoms with van der Waals surface area (Å²) in [5.74, 6) is -3.90. The minimum Gasteiger partial charge on any atom is -0.480 e. The number of amides is 4. The van der Waals surface area contributed by atoms with Crippen LogP contribution in [0.25, 0.3) is 0 Å². The van der Waals surface area contributed by atoms with Gasteiger partial charge >= 0.3 is 5.97 Å². The van der Waals surface area contributed by atoms with Gasteiger partial charge in [0.25, 0.3) is 0 Å². The number of carboxylic acid groups (broad SMARTS) is 1. The van der Waals surface area contributed by atoms with E-state index in [9.17, 15) is 34.2 Å². The van der Waals surface area contributed by atoms with Gasteiger partial charge in [0, 0.05) is 19.4 Å². The highest BCUT2D eigenvalue weighted by Gasteiger charge is 2.39. The molecule has 1 saturated heterocycles. The number of carbonyl (C=O) groups excluding carboxylic acids is 4. The van der Waals surface area contributed by atoms with Crippen molar-refractivity contribution >= 4 is 29.6 Å². The summed E-state index contributed by atoms with van der Waals surface area (Å²) in [5.41, 5.74) is 11.5. The lowest BCUT2D eigenvalue weighted by Crippen LogP contribution is -2.58. The molecule has 186 valence electrons. The lowest BCUT2D eigenvalue weighted by atomic mass is 10.1. The topological polar surface area (TPSA) is 205 Å². The normalized spacial score (nSPS) is 17.9. The lowest BCUT2D eigenvalue weighted by Gasteiger charge is -2.29. The summed E-state index contributed by atoms with van der Waals surface area (Å²) in [6.07, 6.45) is 0.722. The summed E-state index contributed by atoms with van der Waals surface area (Å²) < 4.78 is 0. The number of benzene rings is 1. The van der Waals surface area contributed by atoms with E-state index in [1.807, 2.05) is 0 Å². The molecule has 0 aromatic heterocycles. The third-order valence-corrected chi connectivity index (χ3v) is 5.57. The molecule has 1 aliphatic heterocycles. The summed E-state index contributed by atoms with van der Waals surface area (Å²) in [6.45, 7) is -0.531. The molecule has 0 bridgehead atoms. The molecule has 0 spiro atoms. The first-order valence-corrected chi connectivity index (χ1v) is 11.0. The SMILES string of the molecule is NC(=O)CCC(N)C(=O)NC(CO)C(=O)N1CCCC1C(=O)NC(Cc1ccccc1)C(=O)O. The molecule has 0 saturated carbocycles. The molecule has 12 heteroatoms. The van der Waals surface area contributed by atoms with Crippen LogP contribution in [0, 0.1) is 0 Å². The lowest BCUT2D eigenvalue weighted by molar-refractivity contribution is -0.145. The number of hydrogen-bond donors (Lipinski definition) is 6. The van der Waals surface area contributed by atoms with Gasteiger partial charge in [-0.15, -0.1) is 0 Å². The number of nitrogens with zero attached hydrogens (tertiary/aromatic N) is 1. The van der Waals surface area contributed by atoms with Crippen LogP contribution in [-0.4, -0.2) is 82.0 Å². The first kappa shape index (κ1) is 26.7. The Balaban J connectivity index is 2.02. The number of primary amides is 1. The molecule has 34 heavy (non-hydrogen) atoms. The second-order valence-electron chi connectivity index (χ2n) is 8.13. The van der Waals surface area contributed by atoms with Gasteiger partial charge < -0.3 is 37.2 Å². The van der Waals surface area contributed by atoms with Gasteiger partial charge in [0.2, 0.25) is 23.6 Å². The minimum absolute atomic E-state index is 0.0275. The van der Waals surface area contributed by atoms with Crippen molar-refractivity contribution in [1.82, 2.24) is 15.5 Å². The number of carbonyl (C=O) groups is 5. The van der Waals surface area contributed by atoms with Crippen molar-refractivity contribution in [2.45, 2.75) is 56.3 Å². The van der Waals surface area contributed by atoms with E-state index in [0.717, 1.165) is 5.56 Å². The summed E-state index contributed by atoms with van der Waals surface area (Å²) in [7, 11) is 0. The Morgan fingerprint density at radius 3 is 2.35 bits per heavy atom. The molecule has 1 aliphatic rings. The Bertz CT molecular complexity index is 895. The quantitative estimate of drug-likeness (QED) is 0.195. The number of aliphatic carboxylic acids is 1. The highest BCUT2D eigenvalue weighted by atomic mass is 16.4. The second-order valence-corrected chi connectivity index (χ2v) is 8.13. The van der Waals surface area contributed by atoms with Gasteiger partial charge in [-0.05, 0) is 24.8 Å². The van der Waals surface area contributed by atoms with Crippen LogP contribution in [0.1, 0.15) is 31.2 Å². The van der Waals surface area contributed by atoms with E-state index < -0.39 is 60.4 Å². The maximum atomic E-state index is 13.0. The third kappa shape index (κ3) is 7.52. The summed E-state index contributed by atoms with van der Waals surface area (Å²) in [5, 5.41) is 24.0. The average molecular weight is 478 g/mol. The van der Waals surface area contributed by atoms with Crippen molar-refractivity contribution in [3.8, 4) is 0 Å². The van der Waals surface area contributed by atoms with E-state index in [2.05, 4.69) is 10.6 Å². The van der Waals surface area contributed by atoms with Crippen molar-refractivity contribution in [3.63, 3.8) is 0 Å². The molecule has 1 fully saturated rings. The number of nitrogens with one attached hydrogen (secondary N) is 2. The summed E-state index contributed by atoms with van der Waals surface area (Å²) in [4.78, 5) is 61.8. The molecule has 8 N–H and O–H groups in total. The van der Waals surface area contributed by atoms with Crippen LogP contribution in [0.2, 0.25) is 0 Å². The van der Waals surface area contributed by atoms with E-state index in [4.69, 9.17) is 11.5 Å². The van der Waals surface area contributed by atoms with E-state index >= 15 is 0 Å². The first-order valence-electron chi connectivity index (χ1n) is 11.0. The van der Waals surface area contributed by atoms with Crippen molar-refractivity contribution in [1.29, 1.82) is 0 Å². The monoisotopic (exact) mass is 477 g/mol. The number of rotatable bonds is 12. The van der Waals surface area contributed by atoms with Gasteiger partial charge in [-0.3, -0.25) is 19.2 Å². The Labute approximate surface area is 196 Å². The molecule has 1 aromatic carbocycles. The maximum absolute atomic E-state index is 13.0. The number of nitrogens with two attached hydrogens (primary N) is 2. The average Bonchev–Trinajstić information content (AvgIpc) is 3.30. The van der Waals surface area contributed by atoms with Crippen LogP contribution in [0.4, 0.5) is 0 Å². The molecule has 2 rings (SSSR count). The predicted molar refractivity (Wildman–Crippen MR) is 120 cm³/mol. The predicted octanol–water partition coefficient (Wildman–Crippen LogP) is -2.14. The zero-order chi connectivity index (χ0) is 25.3. The molecular formula is C22H31N5O7. The molecule has 0 radical (unpaired) electrons. The van der Waals surface area contributed by atoms with E-state index in [-0.39, 0.29) is 25.8 Å². The highest BCUT2D eigenvalue weighted by molar-refractivity contribution is 5.94. The fourth-order valence-electron chi connectivity index (χ4n) is 3.71. The summed E-state index contributed by atoms with van der Waals surface area (Å²) in [6, 6.07) is 4.21. The van der Waals surface area contributed by atoms with E-state index in [1.165, 1.54) is 4.90 Å². The zero-order valence-electron chi connectivity index (χ0n) is 18.7. The van der Waals surface area contributed by atoms with Crippen LogP contribution in [0.3, 0.4) is 0 Å². The van der Waals surface area contributed by atoms with Crippen molar-refractivity contribution in [2.24, 2.45) is 11.5 Å². The molecule has 12 nitrogen and oxygen atoms in total. The number of aliphatic hydroxyl groups is 1. The molecule has 0 aliphatic carbocycles. The van der Waals surface area contributed by atoms with Crippen LogP contribution in [0.15, 0.2) is 30.3 Å². The van der Waals surface area contributed by atoms with Gasteiger partial charge in [0.1, 0.15) is 18.1 Å². The Hall–Kier alpha value is -3.51. The molecule has 4 amide bonds. The number of hydrogen-bond acceptors (Lipinski definition) is 7. The Morgan fingerprint density at radius 1 is 1.09 bits per heavy atom. The zero-order valence-corrected chi connectivity index (χ0v) is 18.7. The first-order chi connectivity index (χ1) is 16.1. The van der Waals surface area contributed by atoms with E-state index in [0.29, 0.717) is 12.8 Å². The van der Waals surface area contributed by atoms with Crippen molar-refractivity contribution in [3.05, 3.63) is 35.9 Å². The van der Waals surface area contributed by atoms with Gasteiger partial charge in [0.15, 0.2) is 0 Å². The van der Waals surface area contributed by atoms with Gasteiger partial charge in [0.05, 0.1) is 12.6 Å². The second kappa shape index (κ2) is 12.7. The number of aliphatic hydroxyl groups excluding tert-OH is 1. The standard InChI is InChI=1S/C22H31N5O7/c23-14(8-9-18(24)29)19(30)26-16(12-28)21(32)27-10-4-7-17(27)20(31)25-15(22(33)34)11-13-5-2-1-3-6-13/h1-3,5-6,14-17,28H,4,7-12,23H2,(H2,24,29)(H,25,31)(H,26,30)(H,33,34). The molecule has 1 aromatic rings. The third-order valence-electron chi connectivity index (χ3n) is 5.57. The Kier molecular flexibility index (Phi) is 9.95. The summed E-state index contributed by atoms with van der Waals surface area (Å²) >= 11 is 0. The van der Waals surface area contributed by atoms with Crippen molar-refractivity contribution < 1.29 is 34.2 Å². The van der Waals surface area contributed by atoms with Gasteiger partial charge in [-0.2, -0.15) is 0 Å². The fraction of sp³-hybridized carbons (Fsp3) is 0.500. The molecule has 4 atom stereocenters. The van der Waals surface area contributed by atoms with Crippen LogP contribution in [0.5, 0.6) is 0 Å². The molecule has 4 unspecified atom stereocenters. The largest absolute Gasteiger partial charge is 0.480 e. The maximum Gasteiger partial charge on any atom is 0.326 e. The van der Waals surface area contributed by atoms with Crippen LogP contribution in [-0.2, 0) is 30.4 Å². The van der Waals surface area contributed by atoms with Gasteiger partial charge in [-0.1, -0.05) is 30.3 Å². The highest BCUT2D eigenvalue weighted by Crippen LogP contribution is 2.19. The van der Waals surface area contributed by atoms with Crippen molar-refractivity contribution in [2.75, 3.05) is 13.2 Å².